The van der Waals surface area contributed by atoms with Crippen molar-refractivity contribution in [2.75, 3.05) is 11.8 Å². The molecule has 28 heavy (non-hydrogen) atoms. The topological polar surface area (TPSA) is 73.2 Å². The van der Waals surface area contributed by atoms with Crippen molar-refractivity contribution in [1.29, 1.82) is 0 Å². The molecule has 0 fully saturated rings. The maximum atomic E-state index is 12.6. The molecule has 7 heteroatoms. The highest BCUT2D eigenvalue weighted by Gasteiger charge is 2.18. The van der Waals surface area contributed by atoms with Gasteiger partial charge in [-0.1, -0.05) is 45.0 Å². The number of aromatic nitrogens is 2. The highest BCUT2D eigenvalue weighted by Crippen LogP contribution is 2.24. The number of nitrogens with zero attached hydrogens (tertiary/aromatic N) is 2. The van der Waals surface area contributed by atoms with Crippen LogP contribution in [0, 0.1) is 0 Å². The zero-order valence-corrected chi connectivity index (χ0v) is 17.3. The van der Waals surface area contributed by atoms with Gasteiger partial charge in [0.2, 0.25) is 0 Å². The Hall–Kier alpha value is -2.80. The van der Waals surface area contributed by atoms with Crippen LogP contribution < -0.4 is 9.46 Å². The number of benzene rings is 2. The lowest BCUT2D eigenvalue weighted by atomic mass is 9.87. The lowest BCUT2D eigenvalue weighted by molar-refractivity contribution is 0.414. The highest BCUT2D eigenvalue weighted by atomic mass is 32.2. The van der Waals surface area contributed by atoms with Gasteiger partial charge in [-0.25, -0.2) is 8.42 Å². The number of sulfonamides is 1. The van der Waals surface area contributed by atoms with E-state index in [0.29, 0.717) is 12.2 Å². The summed E-state index contributed by atoms with van der Waals surface area (Å²) in [5, 5.41) is 4.24. The molecule has 0 bridgehead atoms. The fraction of sp³-hybridized carbons (Fsp3) is 0.286. The van der Waals surface area contributed by atoms with E-state index in [1.54, 1.807) is 30.1 Å². The van der Waals surface area contributed by atoms with Crippen LogP contribution in [-0.4, -0.2) is 25.3 Å². The van der Waals surface area contributed by atoms with Gasteiger partial charge in [0.1, 0.15) is 5.75 Å². The molecule has 3 rings (SSSR count). The minimum atomic E-state index is -3.67. The predicted molar refractivity (Wildman–Crippen MR) is 110 cm³/mol. The van der Waals surface area contributed by atoms with Crippen LogP contribution in [0.4, 0.5) is 5.69 Å². The van der Waals surface area contributed by atoms with Crippen molar-refractivity contribution in [3.8, 4) is 5.75 Å². The molecule has 0 saturated heterocycles. The second kappa shape index (κ2) is 7.67. The largest absolute Gasteiger partial charge is 0.497 e. The van der Waals surface area contributed by atoms with Crippen molar-refractivity contribution >= 4 is 15.7 Å². The first-order valence-electron chi connectivity index (χ1n) is 8.96. The maximum Gasteiger partial charge on any atom is 0.261 e. The fourth-order valence-electron chi connectivity index (χ4n) is 2.81. The summed E-state index contributed by atoms with van der Waals surface area (Å²) in [5.41, 5.74) is 2.48. The molecule has 0 aliphatic heterocycles. The van der Waals surface area contributed by atoms with Crippen LogP contribution in [0.3, 0.4) is 0 Å². The average molecular weight is 400 g/mol. The van der Waals surface area contributed by atoms with Crippen molar-refractivity contribution in [3.63, 3.8) is 0 Å². The Labute approximate surface area is 166 Å². The number of hydrogen-bond acceptors (Lipinski definition) is 4. The van der Waals surface area contributed by atoms with Gasteiger partial charge in [0.15, 0.2) is 0 Å². The van der Waals surface area contributed by atoms with Crippen molar-refractivity contribution in [3.05, 3.63) is 72.1 Å². The normalized spacial score (nSPS) is 12.0. The summed E-state index contributed by atoms with van der Waals surface area (Å²) >= 11 is 0. The van der Waals surface area contributed by atoms with Gasteiger partial charge >= 0.3 is 0 Å². The predicted octanol–water partition coefficient (Wildman–Crippen LogP) is 4.04. The van der Waals surface area contributed by atoms with Gasteiger partial charge in [-0.05, 0) is 40.8 Å². The standard InChI is InChI=1S/C21H25N3O3S/c1-21(2,3)17-8-10-20(11-9-17)28(25,26)23-18-13-22-24(15-18)14-16-6-5-7-19(12-16)27-4/h5-13,15,23H,14H2,1-4H3. The summed E-state index contributed by atoms with van der Waals surface area (Å²) in [5.74, 6) is 0.768. The first-order valence-corrected chi connectivity index (χ1v) is 10.4. The average Bonchev–Trinajstić information content (AvgIpc) is 3.07. The van der Waals surface area contributed by atoms with E-state index in [0.717, 1.165) is 16.9 Å². The van der Waals surface area contributed by atoms with Crippen LogP contribution in [0.1, 0.15) is 31.9 Å². The molecule has 148 valence electrons. The molecule has 0 spiro atoms. The Morgan fingerprint density at radius 3 is 2.46 bits per heavy atom. The molecule has 3 aromatic rings. The van der Waals surface area contributed by atoms with Crippen LogP contribution in [0.2, 0.25) is 0 Å². The van der Waals surface area contributed by atoms with Crippen LogP contribution in [-0.2, 0) is 22.0 Å². The van der Waals surface area contributed by atoms with Gasteiger partial charge in [-0.2, -0.15) is 5.10 Å². The fourth-order valence-corrected chi connectivity index (χ4v) is 3.84. The molecule has 0 aliphatic carbocycles. The van der Waals surface area contributed by atoms with E-state index in [9.17, 15) is 8.42 Å². The first kappa shape index (κ1) is 19.9. The highest BCUT2D eigenvalue weighted by molar-refractivity contribution is 7.92. The quantitative estimate of drug-likeness (QED) is 0.679. The second-order valence-corrected chi connectivity index (χ2v) is 9.34. The molecule has 0 saturated carbocycles. The maximum absolute atomic E-state index is 12.6. The van der Waals surface area contributed by atoms with Crippen LogP contribution >= 0.6 is 0 Å². The number of anilines is 1. The smallest absolute Gasteiger partial charge is 0.261 e. The third-order valence-corrected chi connectivity index (χ3v) is 5.79. The number of hydrogen-bond donors (Lipinski definition) is 1. The zero-order valence-electron chi connectivity index (χ0n) is 16.5. The summed E-state index contributed by atoms with van der Waals surface area (Å²) in [7, 11) is -2.05. The van der Waals surface area contributed by atoms with E-state index < -0.39 is 10.0 Å². The molecule has 0 aliphatic rings. The third kappa shape index (κ3) is 4.72. The summed E-state index contributed by atoms with van der Waals surface area (Å²) in [4.78, 5) is 0.223. The number of nitrogens with one attached hydrogen (secondary N) is 1. The lowest BCUT2D eigenvalue weighted by Gasteiger charge is -2.19. The van der Waals surface area contributed by atoms with Gasteiger partial charge in [-0.3, -0.25) is 9.40 Å². The molecule has 1 N–H and O–H groups in total. The summed E-state index contributed by atoms with van der Waals surface area (Å²) in [6.45, 7) is 6.78. The van der Waals surface area contributed by atoms with Crippen molar-refractivity contribution < 1.29 is 13.2 Å². The van der Waals surface area contributed by atoms with E-state index in [2.05, 4.69) is 30.6 Å². The monoisotopic (exact) mass is 399 g/mol. The first-order chi connectivity index (χ1) is 13.2. The van der Waals surface area contributed by atoms with Crippen LogP contribution in [0.15, 0.2) is 65.8 Å². The lowest BCUT2D eigenvalue weighted by Crippen LogP contribution is -2.14. The van der Waals surface area contributed by atoms with Gasteiger partial charge in [0.05, 0.1) is 30.4 Å². The number of rotatable bonds is 6. The molecule has 0 radical (unpaired) electrons. The minimum Gasteiger partial charge on any atom is -0.497 e. The summed E-state index contributed by atoms with van der Waals surface area (Å²) in [6.07, 6.45) is 3.17. The number of methoxy groups -OCH3 is 1. The molecule has 2 aromatic carbocycles. The summed E-state index contributed by atoms with van der Waals surface area (Å²) < 4.78 is 34.8. The minimum absolute atomic E-state index is 0.0308. The van der Waals surface area contributed by atoms with E-state index in [1.165, 1.54) is 6.20 Å². The molecule has 6 nitrogen and oxygen atoms in total. The Morgan fingerprint density at radius 2 is 1.82 bits per heavy atom. The SMILES string of the molecule is COc1cccc(Cn2cc(NS(=O)(=O)c3ccc(C(C)(C)C)cc3)cn2)c1. The van der Waals surface area contributed by atoms with E-state index in [-0.39, 0.29) is 10.3 Å². The number of ether oxygens (including phenoxy) is 1. The van der Waals surface area contributed by atoms with E-state index in [4.69, 9.17) is 4.74 Å². The van der Waals surface area contributed by atoms with Gasteiger partial charge < -0.3 is 4.74 Å². The van der Waals surface area contributed by atoms with Crippen molar-refractivity contribution in [1.82, 2.24) is 9.78 Å². The van der Waals surface area contributed by atoms with E-state index >= 15 is 0 Å². The van der Waals surface area contributed by atoms with E-state index in [1.807, 2.05) is 36.4 Å². The van der Waals surface area contributed by atoms with Crippen LogP contribution in [0.25, 0.3) is 0 Å². The van der Waals surface area contributed by atoms with Crippen LogP contribution in [0.5, 0.6) is 5.75 Å². The Kier molecular flexibility index (Phi) is 5.47. The van der Waals surface area contributed by atoms with Crippen molar-refractivity contribution in [2.45, 2.75) is 37.6 Å². The Morgan fingerprint density at radius 1 is 1.11 bits per heavy atom. The second-order valence-electron chi connectivity index (χ2n) is 7.66. The van der Waals surface area contributed by atoms with Gasteiger partial charge in [-0.15, -0.1) is 0 Å². The molecule has 0 atom stereocenters. The molecule has 0 unspecified atom stereocenters. The zero-order chi connectivity index (χ0) is 20.4. The Bertz CT molecular complexity index is 1050. The molecular weight excluding hydrogens is 374 g/mol. The van der Waals surface area contributed by atoms with Gasteiger partial charge in [0, 0.05) is 6.20 Å². The molecule has 1 aromatic heterocycles. The molecular formula is C21H25N3O3S. The Balaban J connectivity index is 1.73. The summed E-state index contributed by atoms with van der Waals surface area (Å²) in [6, 6.07) is 14.6. The van der Waals surface area contributed by atoms with Gasteiger partial charge in [0.25, 0.3) is 10.0 Å². The molecule has 0 amide bonds. The van der Waals surface area contributed by atoms with Crippen molar-refractivity contribution in [2.24, 2.45) is 0 Å². The third-order valence-electron chi connectivity index (χ3n) is 4.39. The molecule has 1 heterocycles.